The smallest absolute Gasteiger partial charge is 0.0569 e. The second-order valence-electron chi connectivity index (χ2n) is 6.32. The molecule has 1 aromatic rings. The Kier molecular flexibility index (Phi) is 5.10. The molecule has 2 fully saturated rings. The third kappa shape index (κ3) is 3.61. The van der Waals surface area contributed by atoms with E-state index in [9.17, 15) is 0 Å². The van der Waals surface area contributed by atoms with Gasteiger partial charge in [-0.2, -0.15) is 0 Å². The summed E-state index contributed by atoms with van der Waals surface area (Å²) >= 11 is 1.93. The molecule has 0 radical (unpaired) electrons. The van der Waals surface area contributed by atoms with Gasteiger partial charge in [-0.3, -0.25) is 9.80 Å². The summed E-state index contributed by atoms with van der Waals surface area (Å²) in [6, 6.07) is 5.14. The van der Waals surface area contributed by atoms with Gasteiger partial charge in [-0.25, -0.2) is 0 Å². The minimum Gasteiger partial charge on any atom is -0.314 e. The van der Waals surface area contributed by atoms with Crippen molar-refractivity contribution < 1.29 is 0 Å². The molecular weight excluding hydrogens is 266 g/mol. The number of thiophene rings is 1. The van der Waals surface area contributed by atoms with Gasteiger partial charge < -0.3 is 5.32 Å². The molecule has 1 N–H and O–H groups in total. The Morgan fingerprint density at radius 1 is 1.35 bits per heavy atom. The molecule has 2 aliphatic heterocycles. The van der Waals surface area contributed by atoms with Crippen LogP contribution in [0.15, 0.2) is 17.5 Å². The van der Waals surface area contributed by atoms with Crippen molar-refractivity contribution in [3.05, 3.63) is 22.4 Å². The predicted molar refractivity (Wildman–Crippen MR) is 86.3 cm³/mol. The number of nitrogens with one attached hydrogen (secondary N) is 1. The van der Waals surface area contributed by atoms with Crippen molar-refractivity contribution in [2.45, 2.75) is 25.8 Å². The Balaban J connectivity index is 1.69. The standard InChI is InChI=1S/C16H27N3S/c1-14-4-2-8-19(12-14)15(16-5-3-11-20-16)13-18-9-6-17-7-10-18/h3,5,11,14-15,17H,2,4,6-10,12-13H2,1H3. The van der Waals surface area contributed by atoms with Crippen LogP contribution in [0.3, 0.4) is 0 Å². The lowest BCUT2D eigenvalue weighted by molar-refractivity contribution is 0.0930. The van der Waals surface area contributed by atoms with Gasteiger partial charge in [0.05, 0.1) is 6.04 Å². The second kappa shape index (κ2) is 7.03. The first kappa shape index (κ1) is 14.5. The van der Waals surface area contributed by atoms with Crippen LogP contribution in [0.5, 0.6) is 0 Å². The number of hydrogen-bond acceptors (Lipinski definition) is 4. The minimum absolute atomic E-state index is 0.607. The average Bonchev–Trinajstić information content (AvgIpc) is 3.00. The SMILES string of the molecule is CC1CCCN(C(CN2CCNCC2)c2cccs2)C1. The van der Waals surface area contributed by atoms with E-state index >= 15 is 0 Å². The molecule has 2 saturated heterocycles. The molecular formula is C16H27N3S. The maximum absolute atomic E-state index is 3.46. The van der Waals surface area contributed by atoms with E-state index in [4.69, 9.17) is 0 Å². The fraction of sp³-hybridized carbons (Fsp3) is 0.750. The fourth-order valence-electron chi connectivity index (χ4n) is 3.51. The van der Waals surface area contributed by atoms with E-state index in [0.717, 1.165) is 19.0 Å². The van der Waals surface area contributed by atoms with Crippen molar-refractivity contribution in [1.29, 1.82) is 0 Å². The topological polar surface area (TPSA) is 18.5 Å². The highest BCUT2D eigenvalue weighted by Gasteiger charge is 2.27. The summed E-state index contributed by atoms with van der Waals surface area (Å²) in [4.78, 5) is 6.93. The van der Waals surface area contributed by atoms with Crippen LogP contribution >= 0.6 is 11.3 Å². The molecule has 112 valence electrons. The molecule has 3 rings (SSSR count). The molecule has 0 aromatic carbocycles. The van der Waals surface area contributed by atoms with E-state index in [2.05, 4.69) is 39.6 Å². The summed E-state index contributed by atoms with van der Waals surface area (Å²) in [6.45, 7) is 10.8. The highest BCUT2D eigenvalue weighted by molar-refractivity contribution is 7.10. The van der Waals surface area contributed by atoms with Crippen LogP contribution in [0, 0.1) is 5.92 Å². The lowest BCUT2D eigenvalue weighted by Crippen LogP contribution is -2.48. The van der Waals surface area contributed by atoms with Gasteiger partial charge in [0.1, 0.15) is 0 Å². The molecule has 2 atom stereocenters. The first-order valence-electron chi connectivity index (χ1n) is 8.03. The molecule has 3 heterocycles. The van der Waals surface area contributed by atoms with Gasteiger partial charge in [-0.1, -0.05) is 13.0 Å². The molecule has 4 heteroatoms. The zero-order chi connectivity index (χ0) is 13.8. The van der Waals surface area contributed by atoms with Gasteiger partial charge in [0, 0.05) is 44.1 Å². The van der Waals surface area contributed by atoms with Crippen LogP contribution in [0.2, 0.25) is 0 Å². The van der Waals surface area contributed by atoms with Crippen molar-refractivity contribution in [3.63, 3.8) is 0 Å². The van der Waals surface area contributed by atoms with Crippen molar-refractivity contribution >= 4 is 11.3 Å². The van der Waals surface area contributed by atoms with E-state index in [1.54, 1.807) is 4.88 Å². The van der Waals surface area contributed by atoms with Crippen LogP contribution in [-0.4, -0.2) is 55.6 Å². The molecule has 0 bridgehead atoms. The number of piperidine rings is 1. The molecule has 2 unspecified atom stereocenters. The van der Waals surface area contributed by atoms with E-state index < -0.39 is 0 Å². The van der Waals surface area contributed by atoms with Gasteiger partial charge in [0.25, 0.3) is 0 Å². The molecule has 0 spiro atoms. The van der Waals surface area contributed by atoms with Gasteiger partial charge >= 0.3 is 0 Å². The Morgan fingerprint density at radius 3 is 2.90 bits per heavy atom. The lowest BCUT2D eigenvalue weighted by atomic mass is 9.98. The van der Waals surface area contributed by atoms with Crippen LogP contribution < -0.4 is 5.32 Å². The normalized spacial score (nSPS) is 27.6. The highest BCUT2D eigenvalue weighted by atomic mass is 32.1. The minimum atomic E-state index is 0.607. The summed E-state index contributed by atoms with van der Waals surface area (Å²) in [5, 5.41) is 5.69. The molecule has 20 heavy (non-hydrogen) atoms. The van der Waals surface area contributed by atoms with Crippen LogP contribution in [-0.2, 0) is 0 Å². The zero-order valence-corrected chi connectivity index (χ0v) is 13.4. The molecule has 3 nitrogen and oxygen atoms in total. The Bertz CT molecular complexity index is 386. The number of likely N-dealkylation sites (tertiary alicyclic amines) is 1. The molecule has 0 aliphatic carbocycles. The van der Waals surface area contributed by atoms with Gasteiger partial charge in [-0.05, 0) is 36.8 Å². The van der Waals surface area contributed by atoms with E-state index in [1.807, 2.05) is 11.3 Å². The van der Waals surface area contributed by atoms with Gasteiger partial charge in [0.2, 0.25) is 0 Å². The van der Waals surface area contributed by atoms with E-state index in [-0.39, 0.29) is 0 Å². The van der Waals surface area contributed by atoms with E-state index in [1.165, 1.54) is 45.6 Å². The van der Waals surface area contributed by atoms with Crippen molar-refractivity contribution in [1.82, 2.24) is 15.1 Å². The van der Waals surface area contributed by atoms with Gasteiger partial charge in [-0.15, -0.1) is 11.3 Å². The quantitative estimate of drug-likeness (QED) is 0.920. The van der Waals surface area contributed by atoms with Crippen molar-refractivity contribution in [2.75, 3.05) is 45.8 Å². The van der Waals surface area contributed by atoms with Crippen LogP contribution in [0.4, 0.5) is 0 Å². The van der Waals surface area contributed by atoms with Crippen LogP contribution in [0.25, 0.3) is 0 Å². The monoisotopic (exact) mass is 293 g/mol. The fourth-order valence-corrected chi connectivity index (χ4v) is 4.37. The zero-order valence-electron chi connectivity index (χ0n) is 12.6. The second-order valence-corrected chi connectivity index (χ2v) is 7.30. The largest absolute Gasteiger partial charge is 0.314 e. The Morgan fingerprint density at radius 2 is 2.20 bits per heavy atom. The summed E-state index contributed by atoms with van der Waals surface area (Å²) < 4.78 is 0. The molecule has 0 saturated carbocycles. The first-order valence-corrected chi connectivity index (χ1v) is 8.91. The number of piperazine rings is 1. The average molecular weight is 293 g/mol. The number of hydrogen-bond donors (Lipinski definition) is 1. The number of rotatable bonds is 4. The summed E-state index contributed by atoms with van der Waals surface area (Å²) in [7, 11) is 0. The Labute approximate surface area is 127 Å². The van der Waals surface area contributed by atoms with Crippen LogP contribution in [0.1, 0.15) is 30.7 Å². The maximum atomic E-state index is 3.46. The van der Waals surface area contributed by atoms with Gasteiger partial charge in [0.15, 0.2) is 0 Å². The molecule has 0 amide bonds. The summed E-state index contributed by atoms with van der Waals surface area (Å²) in [5.41, 5.74) is 0. The summed E-state index contributed by atoms with van der Waals surface area (Å²) in [6.07, 6.45) is 2.77. The maximum Gasteiger partial charge on any atom is 0.0569 e. The van der Waals surface area contributed by atoms with E-state index in [0.29, 0.717) is 6.04 Å². The third-order valence-corrected chi connectivity index (χ3v) is 5.62. The highest BCUT2D eigenvalue weighted by Crippen LogP contribution is 2.30. The third-order valence-electron chi connectivity index (χ3n) is 4.64. The molecule has 2 aliphatic rings. The first-order chi connectivity index (χ1) is 9.83. The molecule has 1 aromatic heterocycles. The Hall–Kier alpha value is -0.420. The summed E-state index contributed by atoms with van der Waals surface area (Å²) in [5.74, 6) is 0.856. The lowest BCUT2D eigenvalue weighted by Gasteiger charge is -2.40. The number of nitrogens with zero attached hydrogens (tertiary/aromatic N) is 2. The predicted octanol–water partition coefficient (Wildman–Crippen LogP) is 2.43. The van der Waals surface area contributed by atoms with Crippen molar-refractivity contribution in [2.24, 2.45) is 5.92 Å². The van der Waals surface area contributed by atoms with Crippen molar-refractivity contribution in [3.8, 4) is 0 Å².